The molecule has 12 N–H and O–H groups in total. The summed E-state index contributed by atoms with van der Waals surface area (Å²) < 4.78 is 213. The predicted octanol–water partition coefficient (Wildman–Crippen LogP) is 17.5. The topological polar surface area (TPSA) is 380 Å². The van der Waals surface area contributed by atoms with Gasteiger partial charge in [-0.15, -0.1) is 0 Å². The zero-order chi connectivity index (χ0) is 86.0. The summed E-state index contributed by atoms with van der Waals surface area (Å²) in [5.41, 5.74) is 27.4. The van der Waals surface area contributed by atoms with Crippen LogP contribution in [0.1, 0.15) is 47.6 Å². The van der Waals surface area contributed by atoms with Crippen molar-refractivity contribution in [1.29, 1.82) is 0 Å². The third-order valence-corrected chi connectivity index (χ3v) is 17.4. The molecule has 16 aromatic rings. The lowest BCUT2D eigenvalue weighted by atomic mass is 10.2. The van der Waals surface area contributed by atoms with Gasteiger partial charge in [-0.2, -0.15) is 79.4 Å². The first kappa shape index (κ1) is 82.4. The molecule has 121 heavy (non-hydrogen) atoms. The molecular formula is C76H56ClF15N26O3. The summed E-state index contributed by atoms with van der Waals surface area (Å²) in [6, 6.07) is 32.3. The molecule has 0 radical (unpaired) electrons. The normalized spacial score (nSPS) is 12.0. The lowest BCUT2D eigenvalue weighted by Crippen LogP contribution is -2.09. The summed E-state index contributed by atoms with van der Waals surface area (Å²) in [7, 11) is 0. The Kier molecular flexibility index (Phi) is 23.3. The minimum absolute atomic E-state index is 0.00614. The summed E-state index contributed by atoms with van der Waals surface area (Å²) in [6.07, 6.45) is 0.127. The summed E-state index contributed by atoms with van der Waals surface area (Å²) in [5.74, 6) is -1.82. The Morgan fingerprint density at radius 2 is 0.760 bits per heavy atom. The summed E-state index contributed by atoms with van der Waals surface area (Å²) >= 11 is 6.04. The minimum Gasteiger partial charge on any atom is -0.435 e. The van der Waals surface area contributed by atoms with Crippen molar-refractivity contribution in [3.05, 3.63) is 233 Å². The van der Waals surface area contributed by atoms with Crippen molar-refractivity contribution in [3.63, 3.8) is 0 Å². The van der Waals surface area contributed by atoms with E-state index in [1.54, 1.807) is 48.1 Å². The number of rotatable bonds is 19. The van der Waals surface area contributed by atoms with E-state index in [0.717, 1.165) is 67.6 Å². The molecule has 1 fully saturated rings. The van der Waals surface area contributed by atoms with Crippen LogP contribution in [0.3, 0.4) is 0 Å². The van der Waals surface area contributed by atoms with E-state index in [0.29, 0.717) is 85.2 Å². The fourth-order valence-electron chi connectivity index (χ4n) is 12.0. The van der Waals surface area contributed by atoms with Gasteiger partial charge in [0.1, 0.15) is 87.2 Å². The molecule has 10 heterocycles. The number of aromatic nitrogens is 18. The fraction of sp³-hybridized carbons (Fsp3) is 0.132. The molecule has 0 saturated heterocycles. The molecule has 6 aromatic carbocycles. The number of hydrogen-bond acceptors (Lipinski definition) is 25. The molecule has 0 spiro atoms. The number of nitrogens with zero attached hydrogens (tertiary/aromatic N) is 18. The van der Waals surface area contributed by atoms with E-state index in [9.17, 15) is 65.9 Å². The number of nitrogens with two attached hydrogens (primary N) is 4. The van der Waals surface area contributed by atoms with E-state index in [1.165, 1.54) is 100 Å². The standard InChI is InChI=1S/C20H16F3N7O.C19H13F5N6O.C19H14F4N6O.C18H13ClF3N7/c21-11-7-14-17(25-9-11)29-18(10-1-2-10)30(14)20-27-15(24)8-16(28-20)26-12-3-5-13(6-4-12)31-19(22)23;1-8-26-13-5-10(20)11(21)6-14(13)30(8)19-28-16(25)7-17(29-19)27-9-2-3-15(12(22)4-9)31-18(23)24;1-9-25-14-6-12(20)13(21)7-15(14)29(9)19-27-16(24)8-17(28-19)26-10-2-4-11(5-3-10)30-18(22)23;1-9-25-16-13(6-11(19)8-24-16)29(9)17-27-14(23)7-15(28-17)26-12-4-2-10(3-5-12)18(20,21)22/h3-10,19H,1-2H2,(H3,24,26,27,28);2-7,18H,1H3,(H3,25,27,28,29);2-8,18H,1H3,(H3,24,26,27,28);2-8H,1H3,(H3,23,26,27,28). The lowest BCUT2D eigenvalue weighted by molar-refractivity contribution is -0.137. The number of benzene rings is 6. The second-order valence-corrected chi connectivity index (χ2v) is 26.3. The van der Waals surface area contributed by atoms with Gasteiger partial charge in [0, 0.05) is 95.5 Å². The summed E-state index contributed by atoms with van der Waals surface area (Å²) in [5, 5.41) is 12.2. The molecule has 17 rings (SSSR count). The second-order valence-electron chi connectivity index (χ2n) is 25.9. The molecule has 620 valence electrons. The highest BCUT2D eigenvalue weighted by molar-refractivity contribution is 6.31. The average molecular weight is 1700 g/mol. The number of pyridine rings is 2. The van der Waals surface area contributed by atoms with Crippen molar-refractivity contribution in [1.82, 2.24) is 88.0 Å². The van der Waals surface area contributed by atoms with Crippen molar-refractivity contribution in [2.45, 2.75) is 65.5 Å². The van der Waals surface area contributed by atoms with Crippen LogP contribution >= 0.6 is 11.6 Å². The van der Waals surface area contributed by atoms with E-state index in [2.05, 4.69) is 105 Å². The molecule has 0 unspecified atom stereocenters. The number of nitrogen functional groups attached to an aromatic ring is 4. The molecule has 45 heteroatoms. The number of imidazole rings is 4. The third kappa shape index (κ3) is 19.4. The monoisotopic (exact) mass is 1700 g/mol. The van der Waals surface area contributed by atoms with Crippen molar-refractivity contribution in [3.8, 4) is 41.0 Å². The SMILES string of the molecule is Cc1nc2cc(F)c(F)cc2n1-c1nc(N)cc(Nc2ccc(OC(F)F)c(F)c2)n1.Cc1nc2cc(F)c(F)cc2n1-c1nc(N)cc(Nc2ccc(OC(F)F)cc2)n1.Cc1nc2ncc(Cl)cc2n1-c1nc(N)cc(Nc2ccc(C(F)(F)F)cc2)n1.Nc1cc(Nc2ccc(OC(F)F)cc2)nc(-n2c(C3CC3)nc3ncc(F)cc32)n1. The van der Waals surface area contributed by atoms with Gasteiger partial charge in [-0.25, -0.2) is 56.2 Å². The number of halogens is 16. The molecule has 0 amide bonds. The largest absolute Gasteiger partial charge is 0.435 e. The van der Waals surface area contributed by atoms with E-state index in [1.807, 2.05) is 0 Å². The first-order valence-electron chi connectivity index (χ1n) is 35.1. The Morgan fingerprint density at radius 1 is 0.388 bits per heavy atom. The summed E-state index contributed by atoms with van der Waals surface area (Å²) in [6.45, 7) is -3.99. The van der Waals surface area contributed by atoms with Crippen LogP contribution in [0.15, 0.2) is 164 Å². The Bertz CT molecular complexity index is 6540. The minimum atomic E-state index is -4.40. The van der Waals surface area contributed by atoms with Gasteiger partial charge in [-0.3, -0.25) is 18.3 Å². The number of aryl methyl sites for hydroxylation is 3. The molecular weight excluding hydrogens is 1650 g/mol. The van der Waals surface area contributed by atoms with Crippen molar-refractivity contribution in [2.75, 3.05) is 44.2 Å². The van der Waals surface area contributed by atoms with E-state index in [4.69, 9.17) is 34.5 Å². The van der Waals surface area contributed by atoms with E-state index >= 15 is 0 Å². The molecule has 1 saturated carbocycles. The Hall–Kier alpha value is -15.1. The van der Waals surface area contributed by atoms with Crippen LogP contribution in [0.5, 0.6) is 17.2 Å². The fourth-order valence-corrected chi connectivity index (χ4v) is 12.1. The van der Waals surface area contributed by atoms with Gasteiger partial charge in [-0.05, 0) is 125 Å². The molecule has 1 aliphatic rings. The van der Waals surface area contributed by atoms with E-state index < -0.39 is 72.2 Å². The van der Waals surface area contributed by atoms with Gasteiger partial charge in [0.15, 0.2) is 46.1 Å². The van der Waals surface area contributed by atoms with Gasteiger partial charge in [-0.1, -0.05) is 11.6 Å². The molecule has 0 bridgehead atoms. The van der Waals surface area contributed by atoms with Crippen LogP contribution in [0.2, 0.25) is 5.02 Å². The molecule has 29 nitrogen and oxygen atoms in total. The molecule has 10 aromatic heterocycles. The average Bonchev–Trinajstić information content (AvgIpc) is 1.51. The Labute approximate surface area is 674 Å². The number of fused-ring (bicyclic) bond motifs is 4. The first-order valence-corrected chi connectivity index (χ1v) is 35.5. The van der Waals surface area contributed by atoms with Gasteiger partial charge in [0.05, 0.1) is 49.9 Å². The predicted molar refractivity (Wildman–Crippen MR) is 415 cm³/mol. The number of ether oxygens (including phenoxy) is 3. The van der Waals surface area contributed by atoms with Gasteiger partial charge >= 0.3 is 26.0 Å². The number of alkyl halides is 9. The van der Waals surface area contributed by atoms with Crippen LogP contribution in [0, 0.1) is 55.7 Å². The van der Waals surface area contributed by atoms with Crippen LogP contribution < -0.4 is 58.4 Å². The Balaban J connectivity index is 0.000000132. The number of anilines is 12. The van der Waals surface area contributed by atoms with Crippen LogP contribution in [-0.4, -0.2) is 108 Å². The zero-order valence-electron chi connectivity index (χ0n) is 61.9. The Morgan fingerprint density at radius 3 is 1.18 bits per heavy atom. The van der Waals surface area contributed by atoms with Crippen LogP contribution in [-0.2, 0) is 6.18 Å². The van der Waals surface area contributed by atoms with Gasteiger partial charge in [0.25, 0.3) is 0 Å². The first-order chi connectivity index (χ1) is 57.7. The molecule has 0 atom stereocenters. The van der Waals surface area contributed by atoms with E-state index in [-0.39, 0.29) is 98.1 Å². The maximum absolute atomic E-state index is 14.0. The lowest BCUT2D eigenvalue weighted by Gasteiger charge is -2.12. The van der Waals surface area contributed by atoms with Crippen LogP contribution in [0.4, 0.5) is 135 Å². The smallest absolute Gasteiger partial charge is 0.416 e. The molecule has 1 aliphatic carbocycles. The quantitative estimate of drug-likeness (QED) is 0.0349. The van der Waals surface area contributed by atoms with Gasteiger partial charge in [0.2, 0.25) is 23.8 Å². The molecule has 0 aliphatic heterocycles. The number of hydrogen-bond donors (Lipinski definition) is 8. The highest BCUT2D eigenvalue weighted by atomic mass is 35.5. The van der Waals surface area contributed by atoms with Crippen LogP contribution in [0.25, 0.3) is 68.2 Å². The van der Waals surface area contributed by atoms with Crippen molar-refractivity contribution >= 4 is 125 Å². The number of nitrogens with one attached hydrogen (secondary N) is 4. The highest BCUT2D eigenvalue weighted by Crippen LogP contribution is 2.42. The third-order valence-electron chi connectivity index (χ3n) is 17.2. The summed E-state index contributed by atoms with van der Waals surface area (Å²) in [4.78, 5) is 59.9. The maximum Gasteiger partial charge on any atom is 0.416 e. The maximum atomic E-state index is 14.0. The van der Waals surface area contributed by atoms with Gasteiger partial charge < -0.3 is 58.4 Å². The second kappa shape index (κ2) is 34.2. The van der Waals surface area contributed by atoms with Crippen molar-refractivity contribution in [2.24, 2.45) is 0 Å². The zero-order valence-corrected chi connectivity index (χ0v) is 62.7. The van der Waals surface area contributed by atoms with Crippen molar-refractivity contribution < 1.29 is 80.1 Å². The highest BCUT2D eigenvalue weighted by Gasteiger charge is 2.33.